The lowest BCUT2D eigenvalue weighted by molar-refractivity contribution is -0.386. The van der Waals surface area contributed by atoms with Crippen LogP contribution in [0.3, 0.4) is 0 Å². The molecule has 2 N–H and O–H groups in total. The van der Waals surface area contributed by atoms with Crippen molar-refractivity contribution in [3.05, 3.63) is 63.7 Å². The SMILES string of the molecule is COc1cc([C@@H]2N[C@@H](C(=O)O)CS2)cc([N+](=O)[O-])c1OCc1ccccc1. The fraction of sp³-hybridized carbons (Fsp3) is 0.278. The number of nitrogens with one attached hydrogen (secondary N) is 1. The lowest BCUT2D eigenvalue weighted by Gasteiger charge is -2.16. The molecule has 9 heteroatoms. The Kier molecular flexibility index (Phi) is 5.82. The maximum absolute atomic E-state index is 11.6. The van der Waals surface area contributed by atoms with Crippen LogP contribution >= 0.6 is 11.8 Å². The van der Waals surface area contributed by atoms with Crippen molar-refractivity contribution in [2.24, 2.45) is 0 Å². The zero-order valence-electron chi connectivity index (χ0n) is 14.5. The topological polar surface area (TPSA) is 111 Å². The van der Waals surface area contributed by atoms with Gasteiger partial charge in [-0.2, -0.15) is 0 Å². The molecule has 8 nitrogen and oxygen atoms in total. The highest BCUT2D eigenvalue weighted by atomic mass is 32.2. The van der Waals surface area contributed by atoms with Gasteiger partial charge >= 0.3 is 11.7 Å². The monoisotopic (exact) mass is 390 g/mol. The highest BCUT2D eigenvalue weighted by Gasteiger charge is 2.33. The van der Waals surface area contributed by atoms with Crippen LogP contribution in [-0.4, -0.2) is 34.9 Å². The summed E-state index contributed by atoms with van der Waals surface area (Å²) in [5, 5.41) is 23.3. The normalized spacial score (nSPS) is 18.9. The van der Waals surface area contributed by atoms with E-state index in [1.54, 1.807) is 6.07 Å². The van der Waals surface area contributed by atoms with Crippen LogP contribution in [0.2, 0.25) is 0 Å². The molecule has 0 radical (unpaired) electrons. The number of nitrogens with zero attached hydrogens (tertiary/aromatic N) is 1. The maximum atomic E-state index is 11.6. The number of carboxylic acid groups (broad SMARTS) is 1. The van der Waals surface area contributed by atoms with Gasteiger partial charge in [0.1, 0.15) is 12.6 Å². The quantitative estimate of drug-likeness (QED) is 0.548. The van der Waals surface area contributed by atoms with Gasteiger partial charge in [0.2, 0.25) is 5.75 Å². The van der Waals surface area contributed by atoms with Crippen LogP contribution in [0.4, 0.5) is 5.69 Å². The molecule has 0 spiro atoms. The number of nitro groups is 1. The van der Waals surface area contributed by atoms with Crippen molar-refractivity contribution in [1.82, 2.24) is 5.32 Å². The Labute approximate surface area is 159 Å². The molecule has 142 valence electrons. The molecule has 0 bridgehead atoms. The second-order valence-electron chi connectivity index (χ2n) is 5.87. The molecule has 0 unspecified atom stereocenters. The molecule has 2 aromatic carbocycles. The third-order valence-corrected chi connectivity index (χ3v) is 5.35. The largest absolute Gasteiger partial charge is 0.493 e. The average Bonchev–Trinajstić information content (AvgIpc) is 3.17. The number of ether oxygens (including phenoxy) is 2. The lowest BCUT2D eigenvalue weighted by atomic mass is 10.1. The van der Waals surface area contributed by atoms with E-state index < -0.39 is 16.9 Å². The Hall–Kier alpha value is -2.78. The highest BCUT2D eigenvalue weighted by Crippen LogP contribution is 2.43. The number of methoxy groups -OCH3 is 1. The summed E-state index contributed by atoms with van der Waals surface area (Å²) in [6.07, 6.45) is 0. The van der Waals surface area contributed by atoms with Gasteiger partial charge in [0.15, 0.2) is 5.75 Å². The number of nitro benzene ring substituents is 1. The van der Waals surface area contributed by atoms with E-state index in [1.807, 2.05) is 30.3 Å². The first kappa shape index (κ1) is 19.0. The van der Waals surface area contributed by atoms with Gasteiger partial charge in [0.05, 0.1) is 17.4 Å². The van der Waals surface area contributed by atoms with Crippen LogP contribution in [0.15, 0.2) is 42.5 Å². The summed E-state index contributed by atoms with van der Waals surface area (Å²) in [7, 11) is 1.41. The number of rotatable bonds is 7. The number of benzene rings is 2. The molecule has 1 fully saturated rings. The molecule has 0 amide bonds. The molecule has 2 atom stereocenters. The highest BCUT2D eigenvalue weighted by molar-refractivity contribution is 7.99. The maximum Gasteiger partial charge on any atom is 0.321 e. The van der Waals surface area contributed by atoms with Crippen LogP contribution in [0, 0.1) is 10.1 Å². The van der Waals surface area contributed by atoms with E-state index in [0.717, 1.165) is 5.56 Å². The van der Waals surface area contributed by atoms with Gasteiger partial charge in [-0.1, -0.05) is 30.3 Å². The zero-order valence-corrected chi connectivity index (χ0v) is 15.3. The molecule has 0 aliphatic carbocycles. The van der Waals surface area contributed by atoms with Crippen molar-refractivity contribution in [2.75, 3.05) is 12.9 Å². The van der Waals surface area contributed by atoms with Crippen molar-refractivity contribution in [3.63, 3.8) is 0 Å². The number of hydrogen-bond donors (Lipinski definition) is 2. The number of thioether (sulfide) groups is 1. The molecule has 3 rings (SSSR count). The summed E-state index contributed by atoms with van der Waals surface area (Å²) in [4.78, 5) is 22.2. The predicted octanol–water partition coefficient (Wildman–Crippen LogP) is 2.97. The molecule has 1 heterocycles. The van der Waals surface area contributed by atoms with E-state index in [4.69, 9.17) is 14.6 Å². The standard InChI is InChI=1S/C18H18N2O6S/c1-25-15-8-12(17-19-13(10-27-17)18(21)22)7-14(20(23)24)16(15)26-9-11-5-3-2-4-6-11/h2-8,13,17,19H,9-10H2,1H3,(H,21,22)/t13-,17-/m1/s1. The first-order chi connectivity index (χ1) is 13.0. The first-order valence-corrected chi connectivity index (χ1v) is 9.18. The third-order valence-electron chi connectivity index (χ3n) is 4.08. The first-order valence-electron chi connectivity index (χ1n) is 8.13. The number of carbonyl (C=O) groups is 1. The van der Waals surface area contributed by atoms with Gasteiger partial charge in [0.25, 0.3) is 0 Å². The number of aliphatic carboxylic acids is 1. The van der Waals surface area contributed by atoms with Gasteiger partial charge in [-0.05, 0) is 17.2 Å². The molecule has 0 aromatic heterocycles. The summed E-state index contributed by atoms with van der Waals surface area (Å²) in [5.74, 6) is -0.291. The molecule has 2 aromatic rings. The zero-order chi connectivity index (χ0) is 19.4. The van der Waals surface area contributed by atoms with Crippen LogP contribution in [0.5, 0.6) is 11.5 Å². The summed E-state index contributed by atoms with van der Waals surface area (Å²) in [6.45, 7) is 0.162. The second-order valence-corrected chi connectivity index (χ2v) is 7.01. The van der Waals surface area contributed by atoms with Gasteiger partial charge in [-0.15, -0.1) is 11.8 Å². The van der Waals surface area contributed by atoms with E-state index in [1.165, 1.54) is 24.9 Å². The summed E-state index contributed by atoms with van der Waals surface area (Å²) >= 11 is 1.38. The van der Waals surface area contributed by atoms with Crippen molar-refractivity contribution < 1.29 is 24.3 Å². The van der Waals surface area contributed by atoms with E-state index >= 15 is 0 Å². The summed E-state index contributed by atoms with van der Waals surface area (Å²) in [5.41, 5.74) is 1.22. The Morgan fingerprint density at radius 1 is 1.37 bits per heavy atom. The smallest absolute Gasteiger partial charge is 0.321 e. The van der Waals surface area contributed by atoms with E-state index in [2.05, 4.69) is 5.32 Å². The molecular formula is C18H18N2O6S. The molecule has 1 aliphatic heterocycles. The second kappa shape index (κ2) is 8.28. The van der Waals surface area contributed by atoms with Crippen LogP contribution in [-0.2, 0) is 11.4 Å². The third kappa shape index (κ3) is 4.32. The average molecular weight is 390 g/mol. The van der Waals surface area contributed by atoms with Crippen molar-refractivity contribution in [2.45, 2.75) is 18.0 Å². The van der Waals surface area contributed by atoms with Crippen molar-refractivity contribution in [1.29, 1.82) is 0 Å². The molecular weight excluding hydrogens is 372 g/mol. The van der Waals surface area contributed by atoms with Gasteiger partial charge in [0, 0.05) is 11.8 Å². The molecule has 0 saturated carbocycles. The molecule has 1 aliphatic rings. The number of carboxylic acids is 1. The Morgan fingerprint density at radius 3 is 2.70 bits per heavy atom. The Bertz CT molecular complexity index is 845. The molecule has 27 heavy (non-hydrogen) atoms. The van der Waals surface area contributed by atoms with E-state index in [0.29, 0.717) is 11.3 Å². The minimum Gasteiger partial charge on any atom is -0.493 e. The van der Waals surface area contributed by atoms with Crippen molar-refractivity contribution >= 4 is 23.4 Å². The fourth-order valence-electron chi connectivity index (χ4n) is 2.73. The molecule has 1 saturated heterocycles. The van der Waals surface area contributed by atoms with E-state index in [9.17, 15) is 14.9 Å². The summed E-state index contributed by atoms with van der Waals surface area (Å²) in [6, 6.07) is 11.7. The van der Waals surface area contributed by atoms with Gasteiger partial charge in [-0.25, -0.2) is 0 Å². The van der Waals surface area contributed by atoms with Crippen molar-refractivity contribution in [3.8, 4) is 11.5 Å². The minimum atomic E-state index is -0.950. The minimum absolute atomic E-state index is 0.0490. The van der Waals surface area contributed by atoms with Gasteiger partial charge in [-0.3, -0.25) is 20.2 Å². The van der Waals surface area contributed by atoms with Crippen LogP contribution in [0.25, 0.3) is 0 Å². The van der Waals surface area contributed by atoms with Gasteiger partial charge < -0.3 is 14.6 Å². The predicted molar refractivity (Wildman–Crippen MR) is 100 cm³/mol. The Balaban J connectivity index is 1.89. The van der Waals surface area contributed by atoms with Crippen LogP contribution in [0.1, 0.15) is 16.5 Å². The van der Waals surface area contributed by atoms with E-state index in [-0.39, 0.29) is 29.2 Å². The fourth-order valence-corrected chi connectivity index (χ4v) is 3.94. The number of hydrogen-bond acceptors (Lipinski definition) is 7. The van der Waals surface area contributed by atoms with Crippen LogP contribution < -0.4 is 14.8 Å². The lowest BCUT2D eigenvalue weighted by Crippen LogP contribution is -2.33. The Morgan fingerprint density at radius 2 is 2.11 bits per heavy atom. The summed E-state index contributed by atoms with van der Waals surface area (Å²) < 4.78 is 11.0.